The monoisotopic (exact) mass is 597 g/mol. The Hall–Kier alpha value is -2.47. The molecule has 0 saturated carbocycles. The van der Waals surface area contributed by atoms with Gasteiger partial charge >= 0.3 is 0 Å². The van der Waals surface area contributed by atoms with Crippen molar-refractivity contribution in [2.24, 2.45) is 0 Å². The fourth-order valence-corrected chi connectivity index (χ4v) is 6.86. The molecule has 5 atom stereocenters. The summed E-state index contributed by atoms with van der Waals surface area (Å²) in [6, 6.07) is 9.59. The minimum Gasteiger partial charge on any atom is -0.393 e. The van der Waals surface area contributed by atoms with Gasteiger partial charge in [-0.3, -0.25) is 19.6 Å². The smallest absolute Gasteiger partial charge is 0.241 e. The van der Waals surface area contributed by atoms with Gasteiger partial charge < -0.3 is 24.8 Å². The number of rotatable bonds is 9. The standard InChI is InChI=1S/C33H48FN5O4/c1-21-14-37(27(13-35-21)15-38-22(2)18-43-19-23(38)3)16-30(41)39-20-33(4,5)32-28(39)12-25(31(36-32)29(17-40)42-6)11-24-7-9-26(34)10-8-24/h7-10,12,21-23,27,29,35,40H,11,13-20H2,1-6H3/t21-,22-,23-,27-,29?/m1/s1. The number of aliphatic hydroxyl groups excluding tert-OH is 1. The van der Waals surface area contributed by atoms with Crippen LogP contribution >= 0.6 is 0 Å². The molecule has 1 amide bonds. The predicted molar refractivity (Wildman–Crippen MR) is 165 cm³/mol. The zero-order chi connectivity index (χ0) is 30.9. The Balaban J connectivity index is 1.43. The fourth-order valence-electron chi connectivity index (χ4n) is 6.86. The van der Waals surface area contributed by atoms with Crippen molar-refractivity contribution in [2.45, 2.75) is 76.7 Å². The number of pyridine rings is 1. The van der Waals surface area contributed by atoms with Gasteiger partial charge in [0.1, 0.15) is 11.9 Å². The lowest BCUT2D eigenvalue weighted by Gasteiger charge is -2.46. The van der Waals surface area contributed by atoms with E-state index < -0.39 is 6.10 Å². The summed E-state index contributed by atoms with van der Waals surface area (Å²) in [5.74, 6) is -0.237. The molecule has 0 radical (unpaired) electrons. The zero-order valence-electron chi connectivity index (χ0n) is 26.5. The molecule has 10 heteroatoms. The Morgan fingerprint density at radius 1 is 1.21 bits per heavy atom. The van der Waals surface area contributed by atoms with Crippen molar-refractivity contribution >= 4 is 11.6 Å². The van der Waals surface area contributed by atoms with Crippen molar-refractivity contribution < 1.29 is 23.8 Å². The van der Waals surface area contributed by atoms with Crippen molar-refractivity contribution in [1.82, 2.24) is 20.1 Å². The van der Waals surface area contributed by atoms with Gasteiger partial charge in [0.05, 0.1) is 43.4 Å². The molecule has 2 aromatic rings. The molecule has 3 aliphatic rings. The van der Waals surface area contributed by atoms with Crippen molar-refractivity contribution in [3.8, 4) is 0 Å². The van der Waals surface area contributed by atoms with Crippen molar-refractivity contribution in [1.29, 1.82) is 0 Å². The van der Waals surface area contributed by atoms with Gasteiger partial charge in [0.15, 0.2) is 0 Å². The molecule has 4 heterocycles. The molecule has 2 saturated heterocycles. The molecule has 5 rings (SSSR count). The number of hydrogen-bond donors (Lipinski definition) is 2. The number of methoxy groups -OCH3 is 1. The number of morpholine rings is 1. The Bertz CT molecular complexity index is 1260. The molecule has 0 bridgehead atoms. The summed E-state index contributed by atoms with van der Waals surface area (Å²) in [4.78, 5) is 26.0. The number of ether oxygens (including phenoxy) is 2. The molecule has 0 spiro atoms. The molecule has 43 heavy (non-hydrogen) atoms. The topological polar surface area (TPSA) is 90.4 Å². The highest BCUT2D eigenvalue weighted by atomic mass is 19.1. The van der Waals surface area contributed by atoms with E-state index in [2.05, 4.69) is 49.7 Å². The third-order valence-corrected chi connectivity index (χ3v) is 9.30. The quantitative estimate of drug-likeness (QED) is 0.456. The SMILES string of the molecule is COC(CO)c1nc2c(cc1Cc1ccc(F)cc1)N(C(=O)CN1C[C@@H](C)NC[C@@H]1CN1[C@H](C)COC[C@H]1C)CC2(C)C. The van der Waals surface area contributed by atoms with E-state index in [1.165, 1.54) is 12.1 Å². The van der Waals surface area contributed by atoms with E-state index in [1.54, 1.807) is 19.2 Å². The van der Waals surface area contributed by atoms with E-state index in [9.17, 15) is 14.3 Å². The van der Waals surface area contributed by atoms with E-state index in [0.717, 1.165) is 55.4 Å². The van der Waals surface area contributed by atoms with Crippen LogP contribution in [-0.4, -0.2) is 110 Å². The minimum atomic E-state index is -0.602. The van der Waals surface area contributed by atoms with E-state index in [1.807, 2.05) is 11.0 Å². The summed E-state index contributed by atoms with van der Waals surface area (Å²) in [5.41, 5.74) is 3.67. The first-order valence-electron chi connectivity index (χ1n) is 15.5. The van der Waals surface area contributed by atoms with Gasteiger partial charge in [0, 0.05) is 62.9 Å². The first kappa shape index (κ1) is 31.9. The number of fused-ring (bicyclic) bond motifs is 1. The maximum absolute atomic E-state index is 14.2. The molecular weight excluding hydrogens is 549 g/mol. The number of benzene rings is 1. The molecule has 0 aliphatic carbocycles. The van der Waals surface area contributed by atoms with Crippen molar-refractivity contribution in [2.75, 3.05) is 64.6 Å². The van der Waals surface area contributed by atoms with Crippen LogP contribution in [0.5, 0.6) is 0 Å². The number of halogens is 1. The van der Waals surface area contributed by atoms with Crippen LogP contribution in [0.4, 0.5) is 10.1 Å². The second-order valence-electron chi connectivity index (χ2n) is 13.3. The summed E-state index contributed by atoms with van der Waals surface area (Å²) in [7, 11) is 1.56. The third kappa shape index (κ3) is 6.95. The van der Waals surface area contributed by atoms with Crippen LogP contribution in [0.2, 0.25) is 0 Å². The maximum Gasteiger partial charge on any atom is 0.241 e. The number of nitrogens with one attached hydrogen (secondary N) is 1. The lowest BCUT2D eigenvalue weighted by atomic mass is 9.90. The molecule has 1 unspecified atom stereocenters. The fraction of sp³-hybridized carbons (Fsp3) is 0.636. The van der Waals surface area contributed by atoms with Gasteiger partial charge in [-0.05, 0) is 56.5 Å². The number of piperazine rings is 1. The number of anilines is 1. The lowest BCUT2D eigenvalue weighted by molar-refractivity contribution is -0.121. The molecule has 3 aliphatic heterocycles. The van der Waals surface area contributed by atoms with Crippen LogP contribution in [-0.2, 0) is 26.1 Å². The van der Waals surface area contributed by atoms with E-state index in [4.69, 9.17) is 14.5 Å². The van der Waals surface area contributed by atoms with Gasteiger partial charge in [-0.15, -0.1) is 0 Å². The van der Waals surface area contributed by atoms with Gasteiger partial charge in [-0.25, -0.2) is 4.39 Å². The van der Waals surface area contributed by atoms with E-state index in [-0.39, 0.29) is 29.8 Å². The molecule has 9 nitrogen and oxygen atoms in total. The first-order valence-corrected chi connectivity index (χ1v) is 15.5. The molecule has 2 N–H and O–H groups in total. The normalized spacial score (nSPS) is 26.8. The molecule has 236 valence electrons. The minimum absolute atomic E-state index is 0.0572. The Morgan fingerprint density at radius 3 is 2.56 bits per heavy atom. The Kier molecular flexibility index (Phi) is 9.85. The van der Waals surface area contributed by atoms with Gasteiger partial charge in [0.2, 0.25) is 5.91 Å². The average molecular weight is 598 g/mol. The highest BCUT2D eigenvalue weighted by molar-refractivity contribution is 5.97. The van der Waals surface area contributed by atoms with Crippen LogP contribution in [0.1, 0.15) is 63.2 Å². The Morgan fingerprint density at radius 2 is 1.91 bits per heavy atom. The molecule has 2 fully saturated rings. The third-order valence-electron chi connectivity index (χ3n) is 9.30. The molecule has 1 aromatic carbocycles. The highest BCUT2D eigenvalue weighted by Gasteiger charge is 2.42. The largest absolute Gasteiger partial charge is 0.393 e. The summed E-state index contributed by atoms with van der Waals surface area (Å²) in [5, 5.41) is 13.7. The van der Waals surface area contributed by atoms with Crippen LogP contribution < -0.4 is 10.2 Å². The number of carbonyl (C=O) groups is 1. The Labute approximate surface area is 255 Å². The van der Waals surface area contributed by atoms with E-state index >= 15 is 0 Å². The predicted octanol–water partition coefficient (Wildman–Crippen LogP) is 2.89. The van der Waals surface area contributed by atoms with Crippen LogP contribution in [0.25, 0.3) is 0 Å². The second kappa shape index (κ2) is 13.3. The molecule has 1 aromatic heterocycles. The average Bonchev–Trinajstić information content (AvgIpc) is 3.23. The van der Waals surface area contributed by atoms with Crippen molar-refractivity contribution in [3.05, 3.63) is 58.7 Å². The van der Waals surface area contributed by atoms with Gasteiger partial charge in [0.25, 0.3) is 0 Å². The summed E-state index contributed by atoms with van der Waals surface area (Å²) in [6.07, 6.45) is -0.125. The number of carbonyl (C=O) groups excluding carboxylic acids is 1. The summed E-state index contributed by atoms with van der Waals surface area (Å²) >= 11 is 0. The van der Waals surface area contributed by atoms with E-state index in [0.29, 0.717) is 43.3 Å². The van der Waals surface area contributed by atoms with Crippen LogP contribution in [0.15, 0.2) is 30.3 Å². The highest BCUT2D eigenvalue weighted by Crippen LogP contribution is 2.42. The van der Waals surface area contributed by atoms with Gasteiger partial charge in [-0.1, -0.05) is 26.0 Å². The van der Waals surface area contributed by atoms with Crippen molar-refractivity contribution in [3.63, 3.8) is 0 Å². The van der Waals surface area contributed by atoms with Crippen LogP contribution in [0.3, 0.4) is 0 Å². The molecular formula is C33H48FN5O4. The van der Waals surface area contributed by atoms with Crippen LogP contribution in [0, 0.1) is 5.82 Å². The maximum atomic E-state index is 14.2. The summed E-state index contributed by atoms with van der Waals surface area (Å²) < 4.78 is 25.0. The lowest BCUT2D eigenvalue weighted by Crippen LogP contribution is -2.63. The first-order chi connectivity index (χ1) is 20.5. The number of amides is 1. The number of nitrogens with zero attached hydrogens (tertiary/aromatic N) is 4. The number of aliphatic hydroxyl groups is 1. The zero-order valence-corrected chi connectivity index (χ0v) is 26.5. The second-order valence-corrected chi connectivity index (χ2v) is 13.3. The number of aromatic nitrogens is 1. The summed E-state index contributed by atoms with van der Waals surface area (Å²) in [6.45, 7) is 15.4. The van der Waals surface area contributed by atoms with Gasteiger partial charge in [-0.2, -0.15) is 0 Å². The number of hydrogen-bond acceptors (Lipinski definition) is 8.